The molecule has 3 rings (SSSR count). The van der Waals surface area contributed by atoms with Gasteiger partial charge < -0.3 is 14.4 Å². The van der Waals surface area contributed by atoms with E-state index in [0.717, 1.165) is 0 Å². The average molecular weight is 233 g/mol. The minimum Gasteiger partial charge on any atom is -0.339 e. The molecule has 0 bridgehead atoms. The third kappa shape index (κ3) is 1.19. The van der Waals surface area contributed by atoms with Crippen LogP contribution in [0.1, 0.15) is 24.3 Å². The first-order chi connectivity index (χ1) is 8.04. The lowest BCUT2D eigenvalue weighted by atomic mass is 10.1. The number of carbonyl (C=O) groups is 2. The van der Waals surface area contributed by atoms with Crippen LogP contribution in [0.3, 0.4) is 0 Å². The standard InChI is InChI=1S/C12H15N3O2/c1-9(16)14-6-7-15-11(17)10-4-3-5-13(10)8-12(14,15)2/h3-5H,6-8H2,1-2H3. The minimum absolute atomic E-state index is 0.0208. The molecule has 1 aromatic heterocycles. The van der Waals surface area contributed by atoms with E-state index in [1.165, 1.54) is 0 Å². The van der Waals surface area contributed by atoms with Crippen LogP contribution in [0, 0.1) is 0 Å². The van der Waals surface area contributed by atoms with E-state index in [1.54, 1.807) is 11.8 Å². The highest BCUT2D eigenvalue weighted by molar-refractivity contribution is 5.95. The second-order valence-corrected chi connectivity index (χ2v) is 4.87. The SMILES string of the molecule is CC(=O)N1CCN2C(=O)c3cccn3CC12C. The van der Waals surface area contributed by atoms with Crippen molar-refractivity contribution in [3.63, 3.8) is 0 Å². The highest BCUT2D eigenvalue weighted by Crippen LogP contribution is 2.34. The zero-order valence-corrected chi connectivity index (χ0v) is 10.0. The smallest absolute Gasteiger partial charge is 0.272 e. The van der Waals surface area contributed by atoms with E-state index in [0.29, 0.717) is 25.3 Å². The van der Waals surface area contributed by atoms with Crippen LogP contribution < -0.4 is 0 Å². The first kappa shape index (κ1) is 10.4. The molecule has 17 heavy (non-hydrogen) atoms. The molecule has 1 aromatic rings. The van der Waals surface area contributed by atoms with E-state index in [2.05, 4.69) is 0 Å². The molecule has 3 heterocycles. The minimum atomic E-state index is -0.505. The maximum atomic E-state index is 12.3. The van der Waals surface area contributed by atoms with Crippen LogP contribution in [0.15, 0.2) is 18.3 Å². The molecular formula is C12H15N3O2. The van der Waals surface area contributed by atoms with Crippen molar-refractivity contribution in [2.75, 3.05) is 13.1 Å². The molecule has 1 unspecified atom stereocenters. The molecule has 2 aliphatic heterocycles. The first-order valence-electron chi connectivity index (χ1n) is 5.79. The maximum absolute atomic E-state index is 12.3. The molecule has 0 spiro atoms. The zero-order chi connectivity index (χ0) is 12.2. The van der Waals surface area contributed by atoms with E-state index in [9.17, 15) is 9.59 Å². The molecule has 5 heteroatoms. The van der Waals surface area contributed by atoms with Crippen molar-refractivity contribution in [3.05, 3.63) is 24.0 Å². The summed E-state index contributed by atoms with van der Waals surface area (Å²) in [4.78, 5) is 27.5. The second-order valence-electron chi connectivity index (χ2n) is 4.87. The normalized spacial score (nSPS) is 27.1. The molecule has 0 saturated carbocycles. The Morgan fingerprint density at radius 2 is 2.18 bits per heavy atom. The highest BCUT2D eigenvalue weighted by Gasteiger charge is 2.50. The summed E-state index contributed by atoms with van der Waals surface area (Å²) in [6.45, 7) is 5.43. The Labute approximate surface area is 99.6 Å². The molecule has 5 nitrogen and oxygen atoms in total. The third-order valence-electron chi connectivity index (χ3n) is 3.85. The number of aromatic nitrogens is 1. The second kappa shape index (κ2) is 3.12. The Morgan fingerprint density at radius 1 is 1.41 bits per heavy atom. The monoisotopic (exact) mass is 233 g/mol. The summed E-state index contributed by atoms with van der Waals surface area (Å²) in [6, 6.07) is 3.70. The number of rotatable bonds is 0. The summed E-state index contributed by atoms with van der Waals surface area (Å²) in [6.07, 6.45) is 1.90. The number of carbonyl (C=O) groups excluding carboxylic acids is 2. The topological polar surface area (TPSA) is 45.6 Å². The van der Waals surface area contributed by atoms with Crippen molar-refractivity contribution in [1.82, 2.24) is 14.4 Å². The Bertz CT molecular complexity index is 508. The Hall–Kier alpha value is -1.78. The van der Waals surface area contributed by atoms with Gasteiger partial charge >= 0.3 is 0 Å². The van der Waals surface area contributed by atoms with Gasteiger partial charge in [0.1, 0.15) is 11.4 Å². The third-order valence-corrected chi connectivity index (χ3v) is 3.85. The van der Waals surface area contributed by atoms with Crippen LogP contribution in [-0.2, 0) is 11.3 Å². The van der Waals surface area contributed by atoms with E-state index in [4.69, 9.17) is 0 Å². The molecule has 1 fully saturated rings. The zero-order valence-electron chi connectivity index (χ0n) is 10.0. The average Bonchev–Trinajstić information content (AvgIpc) is 2.81. The van der Waals surface area contributed by atoms with Gasteiger partial charge in [-0.05, 0) is 19.1 Å². The molecular weight excluding hydrogens is 218 g/mol. The molecule has 0 aliphatic carbocycles. The van der Waals surface area contributed by atoms with Crippen LogP contribution in [-0.4, -0.2) is 44.9 Å². The largest absolute Gasteiger partial charge is 0.339 e. The molecule has 0 aromatic carbocycles. The van der Waals surface area contributed by atoms with E-state index in [1.807, 2.05) is 34.7 Å². The van der Waals surface area contributed by atoms with Gasteiger partial charge in [0, 0.05) is 26.2 Å². The molecule has 0 N–H and O–H groups in total. The molecule has 0 radical (unpaired) electrons. The van der Waals surface area contributed by atoms with Gasteiger partial charge in [-0.1, -0.05) is 0 Å². The number of fused-ring (bicyclic) bond motifs is 2. The van der Waals surface area contributed by atoms with Crippen LogP contribution in [0.4, 0.5) is 0 Å². The van der Waals surface area contributed by atoms with Crippen LogP contribution in [0.5, 0.6) is 0 Å². The predicted octanol–water partition coefficient (Wildman–Crippen LogP) is 0.522. The summed E-state index contributed by atoms with van der Waals surface area (Å²) in [7, 11) is 0. The van der Waals surface area contributed by atoms with Gasteiger partial charge in [-0.15, -0.1) is 0 Å². The summed E-state index contributed by atoms with van der Waals surface area (Å²) in [5.41, 5.74) is 0.211. The van der Waals surface area contributed by atoms with Crippen molar-refractivity contribution in [1.29, 1.82) is 0 Å². The fourth-order valence-electron chi connectivity index (χ4n) is 3.02. The maximum Gasteiger partial charge on any atom is 0.272 e. The predicted molar refractivity (Wildman–Crippen MR) is 61.3 cm³/mol. The van der Waals surface area contributed by atoms with E-state index in [-0.39, 0.29) is 11.8 Å². The lowest BCUT2D eigenvalue weighted by Gasteiger charge is -2.44. The van der Waals surface area contributed by atoms with Gasteiger partial charge in [0.15, 0.2) is 0 Å². The van der Waals surface area contributed by atoms with Crippen LogP contribution in [0.2, 0.25) is 0 Å². The van der Waals surface area contributed by atoms with Crippen LogP contribution >= 0.6 is 0 Å². The Kier molecular flexibility index (Phi) is 1.91. The molecule has 1 atom stereocenters. The van der Waals surface area contributed by atoms with Crippen molar-refractivity contribution in [2.45, 2.75) is 26.1 Å². The van der Waals surface area contributed by atoms with Crippen molar-refractivity contribution < 1.29 is 9.59 Å². The molecule has 1 saturated heterocycles. The molecule has 90 valence electrons. The van der Waals surface area contributed by atoms with Crippen molar-refractivity contribution in [2.24, 2.45) is 0 Å². The molecule has 2 aliphatic rings. The summed E-state index contributed by atoms with van der Waals surface area (Å²) < 4.78 is 1.93. The van der Waals surface area contributed by atoms with Crippen molar-refractivity contribution >= 4 is 11.8 Å². The van der Waals surface area contributed by atoms with Crippen LogP contribution in [0.25, 0.3) is 0 Å². The van der Waals surface area contributed by atoms with Gasteiger partial charge in [-0.3, -0.25) is 9.59 Å². The van der Waals surface area contributed by atoms with Gasteiger partial charge in [0.25, 0.3) is 5.91 Å². The van der Waals surface area contributed by atoms with Gasteiger partial charge in [0.05, 0.1) is 6.54 Å². The first-order valence-corrected chi connectivity index (χ1v) is 5.79. The summed E-state index contributed by atoms with van der Waals surface area (Å²) in [5.74, 6) is 0.0471. The summed E-state index contributed by atoms with van der Waals surface area (Å²) in [5, 5.41) is 0. The fourth-order valence-corrected chi connectivity index (χ4v) is 3.02. The van der Waals surface area contributed by atoms with E-state index < -0.39 is 5.66 Å². The number of amides is 2. The summed E-state index contributed by atoms with van der Waals surface area (Å²) >= 11 is 0. The number of nitrogens with zero attached hydrogens (tertiary/aromatic N) is 3. The fraction of sp³-hybridized carbons (Fsp3) is 0.500. The number of hydrogen-bond donors (Lipinski definition) is 0. The van der Waals surface area contributed by atoms with Gasteiger partial charge in [0.2, 0.25) is 5.91 Å². The van der Waals surface area contributed by atoms with Gasteiger partial charge in [-0.25, -0.2) is 0 Å². The van der Waals surface area contributed by atoms with Crippen molar-refractivity contribution in [3.8, 4) is 0 Å². The van der Waals surface area contributed by atoms with Gasteiger partial charge in [-0.2, -0.15) is 0 Å². The quantitative estimate of drug-likeness (QED) is 0.656. The lowest BCUT2D eigenvalue weighted by Crippen LogP contribution is -2.60. The Balaban J connectivity index is 2.08. The molecule has 2 amide bonds. The Morgan fingerprint density at radius 3 is 2.88 bits per heavy atom. The van der Waals surface area contributed by atoms with E-state index >= 15 is 0 Å². The number of hydrogen-bond acceptors (Lipinski definition) is 2. The highest BCUT2D eigenvalue weighted by atomic mass is 16.2. The lowest BCUT2D eigenvalue weighted by molar-refractivity contribution is -0.136.